The van der Waals surface area contributed by atoms with Crippen LogP contribution in [0, 0.1) is 0 Å². The van der Waals surface area contributed by atoms with Crippen LogP contribution in [-0.4, -0.2) is 36.7 Å². The third-order valence-electron chi connectivity index (χ3n) is 4.47. The number of carbonyl (C=O) groups is 1. The predicted molar refractivity (Wildman–Crippen MR) is 108 cm³/mol. The summed E-state index contributed by atoms with van der Waals surface area (Å²) in [7, 11) is 0. The van der Waals surface area contributed by atoms with Crippen LogP contribution in [0.4, 0.5) is 4.79 Å². The Hall–Kier alpha value is -2.59. The van der Waals surface area contributed by atoms with Gasteiger partial charge < -0.3 is 9.64 Å². The fourth-order valence-electron chi connectivity index (χ4n) is 3.00. The molecule has 138 valence electrons. The molecule has 1 aliphatic heterocycles. The smallest absolute Gasteiger partial charge is 0.411 e. The Bertz CT molecular complexity index is 669. The third kappa shape index (κ3) is 5.74. The van der Waals surface area contributed by atoms with Gasteiger partial charge in [-0.2, -0.15) is 0 Å². The largest absolute Gasteiger partial charge is 0.446 e. The third-order valence-corrected chi connectivity index (χ3v) is 4.47. The number of hydrogen-bond acceptors (Lipinski definition) is 3. The maximum atomic E-state index is 12.4. The van der Waals surface area contributed by atoms with Crippen molar-refractivity contribution in [1.82, 2.24) is 10.2 Å². The van der Waals surface area contributed by atoms with Crippen molar-refractivity contribution in [2.24, 2.45) is 0 Å². The van der Waals surface area contributed by atoms with E-state index in [9.17, 15) is 4.79 Å². The van der Waals surface area contributed by atoms with Crippen molar-refractivity contribution < 1.29 is 9.53 Å². The summed E-state index contributed by atoms with van der Waals surface area (Å²) in [5.74, 6) is 0. The lowest BCUT2D eigenvalue weighted by Crippen LogP contribution is -2.39. The van der Waals surface area contributed by atoms with E-state index in [4.69, 9.17) is 4.74 Å². The van der Waals surface area contributed by atoms with E-state index in [0.29, 0.717) is 5.70 Å². The topological polar surface area (TPSA) is 41.6 Å². The molecule has 1 aromatic carbocycles. The lowest BCUT2D eigenvalue weighted by molar-refractivity contribution is 0.0539. The first-order chi connectivity index (χ1) is 12.7. The molecule has 26 heavy (non-hydrogen) atoms. The number of ether oxygens (including phenoxy) is 1. The minimum atomic E-state index is -0.432. The number of likely N-dealkylation sites (tertiary alicyclic amines) is 1. The van der Waals surface area contributed by atoms with E-state index in [2.05, 4.69) is 30.3 Å². The summed E-state index contributed by atoms with van der Waals surface area (Å²) >= 11 is 0. The van der Waals surface area contributed by atoms with Gasteiger partial charge in [0.15, 0.2) is 0 Å². The van der Waals surface area contributed by atoms with Gasteiger partial charge in [0.25, 0.3) is 0 Å². The summed E-state index contributed by atoms with van der Waals surface area (Å²) < 4.78 is 5.62. The fourth-order valence-corrected chi connectivity index (χ4v) is 3.00. The predicted octanol–water partition coefficient (Wildman–Crippen LogP) is 4.54. The highest BCUT2D eigenvalue weighted by Gasteiger charge is 2.21. The highest BCUT2D eigenvalue weighted by molar-refractivity contribution is 5.82. The van der Waals surface area contributed by atoms with Gasteiger partial charge in [0.05, 0.1) is 5.70 Å². The molecule has 2 rings (SSSR count). The van der Waals surface area contributed by atoms with E-state index in [0.717, 1.165) is 43.6 Å². The number of nitrogens with zero attached hydrogens (tertiary/aromatic N) is 1. The van der Waals surface area contributed by atoms with Crippen molar-refractivity contribution in [3.05, 3.63) is 79.1 Å². The molecule has 0 aliphatic carbocycles. The van der Waals surface area contributed by atoms with Gasteiger partial charge in [0.1, 0.15) is 6.10 Å². The number of benzene rings is 1. The standard InChI is InChI=1S/C22H28N2O2/c1-4-7-13-21(20(5-2)18-11-9-8-10-12-18)23-22(25)26-19-14-16-24(6-3)17-15-19/h4-5,7-13,19H,1-2,6,14-17H2,3H3,(H,23,25)/b13-7-,21-20-. The van der Waals surface area contributed by atoms with Gasteiger partial charge >= 0.3 is 6.09 Å². The number of amides is 1. The highest BCUT2D eigenvalue weighted by Crippen LogP contribution is 2.20. The maximum absolute atomic E-state index is 12.4. The number of allylic oxidation sites excluding steroid dienone is 5. The van der Waals surface area contributed by atoms with E-state index in [1.807, 2.05) is 30.3 Å². The van der Waals surface area contributed by atoms with Crippen molar-refractivity contribution in [2.75, 3.05) is 19.6 Å². The van der Waals surface area contributed by atoms with Gasteiger partial charge in [-0.1, -0.05) is 68.6 Å². The number of alkyl carbamates (subject to hydrolysis) is 1. The molecule has 1 saturated heterocycles. The van der Waals surface area contributed by atoms with E-state index in [1.165, 1.54) is 0 Å². The van der Waals surface area contributed by atoms with Crippen LogP contribution in [0.2, 0.25) is 0 Å². The normalized spacial score (nSPS) is 16.8. The van der Waals surface area contributed by atoms with Crippen LogP contribution < -0.4 is 5.32 Å². The van der Waals surface area contributed by atoms with Crippen molar-refractivity contribution in [2.45, 2.75) is 25.9 Å². The van der Waals surface area contributed by atoms with Crippen molar-refractivity contribution >= 4 is 11.7 Å². The van der Waals surface area contributed by atoms with Crippen LogP contribution in [0.5, 0.6) is 0 Å². The summed E-state index contributed by atoms with van der Waals surface area (Å²) in [6, 6.07) is 9.81. The zero-order chi connectivity index (χ0) is 18.8. The molecule has 0 spiro atoms. The maximum Gasteiger partial charge on any atom is 0.411 e. The van der Waals surface area contributed by atoms with Crippen LogP contribution in [0.1, 0.15) is 25.3 Å². The summed E-state index contributed by atoms with van der Waals surface area (Å²) in [5.41, 5.74) is 2.45. The summed E-state index contributed by atoms with van der Waals surface area (Å²) in [4.78, 5) is 14.8. The molecule has 1 fully saturated rings. The number of carbonyl (C=O) groups excluding carboxylic acids is 1. The molecule has 1 amide bonds. The zero-order valence-corrected chi connectivity index (χ0v) is 15.5. The number of piperidine rings is 1. The molecule has 1 heterocycles. The second-order valence-corrected chi connectivity index (χ2v) is 6.16. The van der Waals surface area contributed by atoms with E-state index < -0.39 is 6.09 Å². The Morgan fingerprint density at radius 1 is 1.27 bits per heavy atom. The molecule has 4 heteroatoms. The van der Waals surface area contributed by atoms with Gasteiger partial charge in [-0.15, -0.1) is 0 Å². The van der Waals surface area contributed by atoms with Gasteiger partial charge in [-0.05, 0) is 31.0 Å². The molecule has 4 nitrogen and oxygen atoms in total. The molecule has 0 aromatic heterocycles. The summed E-state index contributed by atoms with van der Waals surface area (Å²) in [5, 5.41) is 2.87. The van der Waals surface area contributed by atoms with E-state index >= 15 is 0 Å². The molecule has 1 aliphatic rings. The lowest BCUT2D eigenvalue weighted by Gasteiger charge is -2.30. The van der Waals surface area contributed by atoms with Gasteiger partial charge in [0.2, 0.25) is 0 Å². The Balaban J connectivity index is 2.11. The number of rotatable bonds is 7. The Kier molecular flexibility index (Phi) is 7.90. The van der Waals surface area contributed by atoms with E-state index in [1.54, 1.807) is 24.3 Å². The van der Waals surface area contributed by atoms with Crippen LogP contribution >= 0.6 is 0 Å². The highest BCUT2D eigenvalue weighted by atomic mass is 16.6. The molecule has 0 atom stereocenters. The molecule has 0 saturated carbocycles. The van der Waals surface area contributed by atoms with Crippen LogP contribution in [0.25, 0.3) is 5.57 Å². The molecule has 0 unspecified atom stereocenters. The molecule has 1 N–H and O–H groups in total. The quantitative estimate of drug-likeness (QED) is 0.733. The lowest BCUT2D eigenvalue weighted by atomic mass is 10.0. The van der Waals surface area contributed by atoms with Gasteiger partial charge in [-0.25, -0.2) is 4.79 Å². The molecule has 0 bridgehead atoms. The van der Waals surface area contributed by atoms with Crippen LogP contribution in [0.15, 0.2) is 73.5 Å². The van der Waals surface area contributed by atoms with Crippen molar-refractivity contribution in [3.8, 4) is 0 Å². The average Bonchev–Trinajstić information content (AvgIpc) is 2.68. The van der Waals surface area contributed by atoms with Gasteiger partial charge in [-0.3, -0.25) is 5.32 Å². The Morgan fingerprint density at radius 3 is 2.54 bits per heavy atom. The molecule has 0 radical (unpaired) electrons. The molecule has 1 aromatic rings. The average molecular weight is 352 g/mol. The minimum absolute atomic E-state index is 0.0358. The minimum Gasteiger partial charge on any atom is -0.446 e. The second-order valence-electron chi connectivity index (χ2n) is 6.16. The van der Waals surface area contributed by atoms with E-state index in [-0.39, 0.29) is 6.10 Å². The summed E-state index contributed by atoms with van der Waals surface area (Å²) in [6.07, 6.45) is 8.26. The molecular weight excluding hydrogens is 324 g/mol. The monoisotopic (exact) mass is 352 g/mol. The zero-order valence-electron chi connectivity index (χ0n) is 15.5. The Morgan fingerprint density at radius 2 is 1.96 bits per heavy atom. The first kappa shape index (κ1) is 19.7. The number of hydrogen-bond donors (Lipinski definition) is 1. The SMILES string of the molecule is C=C/C=C\C(NC(=O)OC1CCN(CC)CC1)=C(/C=C)c1ccccc1. The van der Waals surface area contributed by atoms with Crippen molar-refractivity contribution in [3.63, 3.8) is 0 Å². The molecular formula is C22H28N2O2. The fraction of sp³-hybridized carbons (Fsp3) is 0.318. The van der Waals surface area contributed by atoms with Crippen LogP contribution in [0.3, 0.4) is 0 Å². The summed E-state index contributed by atoms with van der Waals surface area (Å²) in [6.45, 7) is 12.7. The van der Waals surface area contributed by atoms with Crippen LogP contribution in [-0.2, 0) is 4.74 Å². The van der Waals surface area contributed by atoms with Gasteiger partial charge in [0, 0.05) is 18.7 Å². The van der Waals surface area contributed by atoms with Crippen molar-refractivity contribution in [1.29, 1.82) is 0 Å². The first-order valence-electron chi connectivity index (χ1n) is 9.09. The first-order valence-corrected chi connectivity index (χ1v) is 9.09. The Labute approximate surface area is 156 Å². The number of nitrogens with one attached hydrogen (secondary N) is 1. The second kappa shape index (κ2) is 10.4.